The zero-order chi connectivity index (χ0) is 27.2. The molecule has 5 atom stereocenters. The molecule has 2 rings (SSSR count). The highest BCUT2D eigenvalue weighted by Crippen LogP contribution is 2.27. The summed E-state index contributed by atoms with van der Waals surface area (Å²) in [6.07, 6.45) is 7.45. The third-order valence-corrected chi connectivity index (χ3v) is 6.89. The Morgan fingerprint density at radius 2 is 1.78 bits per heavy atom. The lowest BCUT2D eigenvalue weighted by Crippen LogP contribution is -2.32. The van der Waals surface area contributed by atoms with Gasteiger partial charge in [0.1, 0.15) is 6.10 Å². The number of nitrogens with two attached hydrogens (primary N) is 1. The molecule has 2 aliphatic rings. The molecule has 8 nitrogen and oxygen atoms in total. The van der Waals surface area contributed by atoms with E-state index >= 15 is 0 Å². The highest BCUT2D eigenvalue weighted by atomic mass is 16.6. The van der Waals surface area contributed by atoms with E-state index < -0.39 is 24.2 Å². The van der Waals surface area contributed by atoms with Crippen LogP contribution >= 0.6 is 0 Å². The highest BCUT2D eigenvalue weighted by molar-refractivity contribution is 6.23. The monoisotopic (exact) mass is 498 g/mol. The number of ketones is 2. The number of carbonyl (C=O) groups excluding carboxylic acids is 4. The molecule has 0 unspecified atom stereocenters. The number of primary amides is 1. The number of carbonyl (C=O) groups is 4. The largest absolute Gasteiger partial charge is 0.441 e. The van der Waals surface area contributed by atoms with Crippen LogP contribution in [0.4, 0.5) is 4.79 Å². The predicted molar refractivity (Wildman–Crippen MR) is 137 cm³/mol. The van der Waals surface area contributed by atoms with Crippen LogP contribution in [0.3, 0.4) is 0 Å². The fraction of sp³-hybridized carbons (Fsp3) is 0.500. The van der Waals surface area contributed by atoms with E-state index in [-0.39, 0.29) is 35.0 Å². The summed E-state index contributed by atoms with van der Waals surface area (Å²) >= 11 is 0. The molecule has 0 saturated heterocycles. The second kappa shape index (κ2) is 12.6. The van der Waals surface area contributed by atoms with Crippen molar-refractivity contribution >= 4 is 23.6 Å². The third-order valence-electron chi connectivity index (χ3n) is 6.89. The summed E-state index contributed by atoms with van der Waals surface area (Å²) in [5, 5.41) is 13.5. The van der Waals surface area contributed by atoms with Gasteiger partial charge in [-0.3, -0.25) is 14.4 Å². The van der Waals surface area contributed by atoms with Gasteiger partial charge in [0.15, 0.2) is 5.78 Å². The Balaban J connectivity index is 2.45. The smallest absolute Gasteiger partial charge is 0.405 e. The van der Waals surface area contributed by atoms with Crippen LogP contribution in [0, 0.1) is 17.8 Å². The molecule has 8 heteroatoms. The van der Waals surface area contributed by atoms with Crippen LogP contribution < -0.4 is 11.1 Å². The topological polar surface area (TPSA) is 136 Å². The number of ether oxygens (including phenoxy) is 1. The van der Waals surface area contributed by atoms with Gasteiger partial charge in [-0.15, -0.1) is 0 Å². The molecular weight excluding hydrogens is 460 g/mol. The Morgan fingerprint density at radius 1 is 1.11 bits per heavy atom. The first-order valence-corrected chi connectivity index (χ1v) is 12.3. The number of rotatable bonds is 1. The van der Waals surface area contributed by atoms with Gasteiger partial charge in [-0.2, -0.15) is 0 Å². The van der Waals surface area contributed by atoms with Gasteiger partial charge < -0.3 is 20.9 Å². The quantitative estimate of drug-likeness (QED) is 0.371. The van der Waals surface area contributed by atoms with E-state index in [1.165, 1.54) is 6.08 Å². The van der Waals surface area contributed by atoms with Crippen molar-refractivity contribution in [1.29, 1.82) is 0 Å². The van der Waals surface area contributed by atoms with Gasteiger partial charge in [0, 0.05) is 34.6 Å². The van der Waals surface area contributed by atoms with Crippen molar-refractivity contribution in [2.75, 3.05) is 0 Å². The molecule has 2 amide bonds. The zero-order valence-corrected chi connectivity index (χ0v) is 22.0. The second-order valence-electron chi connectivity index (χ2n) is 9.89. The fourth-order valence-corrected chi connectivity index (χ4v) is 4.59. The van der Waals surface area contributed by atoms with E-state index in [0.717, 1.165) is 5.57 Å². The molecule has 4 N–H and O–H groups in total. The van der Waals surface area contributed by atoms with E-state index in [1.807, 2.05) is 33.8 Å². The zero-order valence-electron chi connectivity index (χ0n) is 22.0. The molecule has 1 aliphatic heterocycles. The summed E-state index contributed by atoms with van der Waals surface area (Å²) in [5.74, 6) is -1.75. The molecule has 36 heavy (non-hydrogen) atoms. The predicted octanol–water partition coefficient (Wildman–Crippen LogP) is 3.82. The Morgan fingerprint density at radius 3 is 2.42 bits per heavy atom. The third kappa shape index (κ3) is 7.37. The average Bonchev–Trinajstić information content (AvgIpc) is 2.81. The van der Waals surface area contributed by atoms with Crippen molar-refractivity contribution in [1.82, 2.24) is 5.32 Å². The van der Waals surface area contributed by atoms with Crippen molar-refractivity contribution in [3.05, 3.63) is 58.4 Å². The molecule has 0 aromatic rings. The van der Waals surface area contributed by atoms with Crippen LogP contribution in [-0.2, 0) is 19.1 Å². The summed E-state index contributed by atoms with van der Waals surface area (Å²) in [6, 6.07) is 0. The summed E-state index contributed by atoms with van der Waals surface area (Å²) in [5.41, 5.74) is 7.13. The Kier molecular flexibility index (Phi) is 10.2. The number of Topliss-reactive ketones (excluding diaryl/α,β-unsaturated/α-hetero) is 1. The molecular formula is C28H38N2O6. The van der Waals surface area contributed by atoms with Crippen molar-refractivity contribution < 1.29 is 29.0 Å². The van der Waals surface area contributed by atoms with Gasteiger partial charge in [-0.1, -0.05) is 45.1 Å². The number of allylic oxidation sites excluding steroid dienone is 5. The SMILES string of the molecule is CC1=C2CCC[C@H](C)[C@H](O)[C@@H](C)/C=C(\C)[C@H](OC(N)=O)[C@@H](C)/C=C\C=C(/C)C(=O)NC(=CC1=O)C2=O. The molecule has 0 spiro atoms. The van der Waals surface area contributed by atoms with E-state index in [1.54, 1.807) is 32.1 Å². The van der Waals surface area contributed by atoms with E-state index in [2.05, 4.69) is 5.32 Å². The Labute approximate surface area is 213 Å². The first kappa shape index (κ1) is 29.0. The van der Waals surface area contributed by atoms with Gasteiger partial charge in [-0.25, -0.2) is 4.79 Å². The molecule has 2 bridgehead atoms. The lowest BCUT2D eigenvalue weighted by molar-refractivity contribution is -0.120. The van der Waals surface area contributed by atoms with Crippen molar-refractivity contribution in [3.63, 3.8) is 0 Å². The maximum atomic E-state index is 13.0. The van der Waals surface area contributed by atoms with E-state index in [0.29, 0.717) is 36.0 Å². The van der Waals surface area contributed by atoms with Crippen molar-refractivity contribution in [3.8, 4) is 0 Å². The molecule has 0 aromatic carbocycles. The van der Waals surface area contributed by atoms with Crippen LogP contribution in [0.1, 0.15) is 60.8 Å². The molecule has 0 aromatic heterocycles. The number of nitrogens with one attached hydrogen (secondary N) is 1. The first-order valence-electron chi connectivity index (χ1n) is 12.3. The van der Waals surface area contributed by atoms with Crippen LogP contribution in [0.25, 0.3) is 0 Å². The summed E-state index contributed by atoms with van der Waals surface area (Å²) < 4.78 is 5.37. The molecule has 0 saturated carbocycles. The molecule has 196 valence electrons. The molecule has 1 heterocycles. The Hall–Kier alpha value is -3.26. The number of hydrogen-bond acceptors (Lipinski definition) is 6. The number of aliphatic hydroxyl groups excluding tert-OH is 1. The minimum absolute atomic E-state index is 0.0370. The summed E-state index contributed by atoms with van der Waals surface area (Å²) in [6.45, 7) is 10.7. The maximum Gasteiger partial charge on any atom is 0.405 e. The second-order valence-corrected chi connectivity index (χ2v) is 9.89. The van der Waals surface area contributed by atoms with Gasteiger partial charge in [0.25, 0.3) is 5.91 Å². The van der Waals surface area contributed by atoms with Crippen LogP contribution in [0.5, 0.6) is 0 Å². The first-order chi connectivity index (χ1) is 16.8. The van der Waals surface area contributed by atoms with Crippen LogP contribution in [0.15, 0.2) is 58.4 Å². The standard InChI is InChI=1S/C28H38N2O6/c1-15-9-8-12-21-20(6)23(31)14-22(25(21)33)30-27(34)17(3)11-7-10-16(2)26(36-28(29)35)19(5)13-18(4)24(15)32/h7,10-11,13-16,18,24,26,32H,8-9,12H2,1-6H3,(H2,29,35)(H,30,34)/b10-7-,17-11+,19-13+/t15-,16-,18-,24-,26+/m0/s1. The lowest BCUT2D eigenvalue weighted by atomic mass is 9.85. The summed E-state index contributed by atoms with van der Waals surface area (Å²) in [7, 11) is 0. The molecule has 1 aliphatic carbocycles. The minimum Gasteiger partial charge on any atom is -0.441 e. The van der Waals surface area contributed by atoms with Crippen molar-refractivity contribution in [2.45, 2.75) is 73.0 Å². The number of hydrogen-bond donors (Lipinski definition) is 3. The highest BCUT2D eigenvalue weighted by Gasteiger charge is 2.28. The fourth-order valence-electron chi connectivity index (χ4n) is 4.59. The van der Waals surface area contributed by atoms with Crippen molar-refractivity contribution in [2.24, 2.45) is 23.5 Å². The van der Waals surface area contributed by atoms with Gasteiger partial charge >= 0.3 is 6.09 Å². The number of amides is 2. The number of aliphatic hydroxyl groups is 1. The number of fused-ring (bicyclic) bond motifs is 2. The van der Waals surface area contributed by atoms with E-state index in [9.17, 15) is 24.3 Å². The summed E-state index contributed by atoms with van der Waals surface area (Å²) in [4.78, 5) is 49.8. The maximum absolute atomic E-state index is 13.0. The van der Waals surface area contributed by atoms with E-state index in [4.69, 9.17) is 10.5 Å². The van der Waals surface area contributed by atoms with Crippen LogP contribution in [-0.4, -0.2) is 40.9 Å². The molecule has 0 fully saturated rings. The average molecular weight is 499 g/mol. The minimum atomic E-state index is -0.901. The molecule has 0 radical (unpaired) electrons. The van der Waals surface area contributed by atoms with Gasteiger partial charge in [0.2, 0.25) is 5.78 Å². The lowest BCUT2D eigenvalue weighted by Gasteiger charge is -2.26. The van der Waals surface area contributed by atoms with Crippen LogP contribution in [0.2, 0.25) is 0 Å². The van der Waals surface area contributed by atoms with Gasteiger partial charge in [0.05, 0.1) is 11.8 Å². The normalized spacial score (nSPS) is 33.0. The Bertz CT molecular complexity index is 1060. The van der Waals surface area contributed by atoms with Gasteiger partial charge in [-0.05, 0) is 51.5 Å².